The van der Waals surface area contributed by atoms with Crippen LogP contribution in [0.2, 0.25) is 0 Å². The van der Waals surface area contributed by atoms with E-state index in [0.29, 0.717) is 11.5 Å². The van der Waals surface area contributed by atoms with Crippen LogP contribution < -0.4 is 0 Å². The maximum Gasteiger partial charge on any atom is 0.331 e. The first-order valence-electron chi connectivity index (χ1n) is 11.1. The summed E-state index contributed by atoms with van der Waals surface area (Å²) >= 11 is 0. The fourth-order valence-electron chi connectivity index (χ4n) is 6.98. The van der Waals surface area contributed by atoms with E-state index >= 15 is 0 Å². The summed E-state index contributed by atoms with van der Waals surface area (Å²) in [6.45, 7) is 11.0. The molecule has 31 heavy (non-hydrogen) atoms. The number of Topliss-reactive ketones (excluding diaryl/α,β-unsaturated/α-hetero) is 1. The van der Waals surface area contributed by atoms with Gasteiger partial charge < -0.3 is 20.1 Å². The summed E-state index contributed by atoms with van der Waals surface area (Å²) < 4.78 is 5.67. The molecule has 0 aromatic carbocycles. The highest BCUT2D eigenvalue weighted by atomic mass is 16.6. The molecular weight excluding hydrogens is 396 g/mol. The van der Waals surface area contributed by atoms with Gasteiger partial charge in [0, 0.05) is 12.0 Å². The Morgan fingerprint density at radius 3 is 2.55 bits per heavy atom. The lowest BCUT2D eigenvalue weighted by atomic mass is 9.59. The molecule has 2 saturated carbocycles. The van der Waals surface area contributed by atoms with E-state index in [2.05, 4.69) is 13.8 Å². The van der Waals surface area contributed by atoms with Crippen molar-refractivity contribution in [2.45, 2.75) is 65.8 Å². The largest absolute Gasteiger partial charge is 0.451 e. The number of allylic oxidation sites excluding steroid dienone is 2. The molecule has 0 heterocycles. The maximum absolute atomic E-state index is 14.2. The van der Waals surface area contributed by atoms with E-state index in [1.165, 1.54) is 6.08 Å². The third kappa shape index (κ3) is 2.74. The number of ether oxygens (including phenoxy) is 1. The monoisotopic (exact) mass is 430 g/mol. The lowest BCUT2D eigenvalue weighted by Crippen LogP contribution is -2.65. The number of rotatable bonds is 3. The number of aliphatic hydroxyl groups excluding tert-OH is 2. The Kier molecular flexibility index (Phi) is 4.97. The summed E-state index contributed by atoms with van der Waals surface area (Å²) in [7, 11) is 0. The van der Waals surface area contributed by atoms with Crippen molar-refractivity contribution in [2.24, 2.45) is 34.5 Å². The van der Waals surface area contributed by atoms with Crippen LogP contribution in [0.4, 0.5) is 0 Å². The van der Waals surface area contributed by atoms with Gasteiger partial charge in [0.2, 0.25) is 0 Å². The Balaban J connectivity index is 1.90. The fourth-order valence-corrected chi connectivity index (χ4v) is 6.98. The second-order valence-corrected chi connectivity index (χ2v) is 10.9. The first-order valence-corrected chi connectivity index (χ1v) is 11.1. The summed E-state index contributed by atoms with van der Waals surface area (Å²) in [5.41, 5.74) is -2.00. The van der Waals surface area contributed by atoms with Crippen molar-refractivity contribution in [1.29, 1.82) is 0 Å². The molecule has 0 amide bonds. The Hall–Kier alpha value is -1.76. The average Bonchev–Trinajstić information content (AvgIpc) is 3.16. The molecule has 6 nitrogen and oxygen atoms in total. The van der Waals surface area contributed by atoms with Crippen LogP contribution in [0.15, 0.2) is 34.9 Å². The SMILES string of the molecule is CC(C)=CC(=O)O[C@H]1C(C)=C[C@]23C(=O)[C@H](C=C(CO)[C@@H](O)[C@]12O)C1C(C[C@H]3C)C1(C)C. The van der Waals surface area contributed by atoms with Gasteiger partial charge in [-0.15, -0.1) is 0 Å². The quantitative estimate of drug-likeness (QED) is 0.361. The van der Waals surface area contributed by atoms with E-state index < -0.39 is 41.7 Å². The molecule has 0 aliphatic heterocycles. The van der Waals surface area contributed by atoms with Crippen LogP contribution in [-0.2, 0) is 14.3 Å². The first-order chi connectivity index (χ1) is 14.3. The van der Waals surface area contributed by atoms with E-state index in [0.717, 1.165) is 12.0 Å². The lowest BCUT2D eigenvalue weighted by Gasteiger charge is -2.48. The van der Waals surface area contributed by atoms with Crippen molar-refractivity contribution >= 4 is 11.8 Å². The maximum atomic E-state index is 14.2. The minimum atomic E-state index is -2.08. The standard InChI is InChI=1S/C25H34O6/c1-12(2)7-18(27)31-22-13(3)10-24-14(4)8-17-19(23(17,5)6)16(21(24)29)9-15(11-26)20(28)25(22,24)30/h7,9-10,14,16-17,19-20,22,26,28,30H,8,11H2,1-6H3/t14-,16-,17?,19?,20-,22+,24+,25+/m1/s1. The molecule has 0 saturated heterocycles. The van der Waals surface area contributed by atoms with Crippen LogP contribution in [0.3, 0.4) is 0 Å². The zero-order valence-electron chi connectivity index (χ0n) is 19.2. The van der Waals surface area contributed by atoms with Crippen molar-refractivity contribution in [2.75, 3.05) is 6.61 Å². The van der Waals surface area contributed by atoms with Gasteiger partial charge in [-0.3, -0.25) is 4.79 Å². The minimum absolute atomic E-state index is 0.0205. The van der Waals surface area contributed by atoms with E-state index in [1.807, 2.05) is 6.92 Å². The van der Waals surface area contributed by atoms with Gasteiger partial charge in [0.25, 0.3) is 0 Å². The van der Waals surface area contributed by atoms with Crippen LogP contribution in [0.5, 0.6) is 0 Å². The molecule has 1 spiro atoms. The molecule has 6 heteroatoms. The van der Waals surface area contributed by atoms with Gasteiger partial charge in [-0.2, -0.15) is 0 Å². The third-order valence-corrected chi connectivity index (χ3v) is 8.54. The molecule has 4 aliphatic carbocycles. The van der Waals surface area contributed by atoms with Crippen LogP contribution in [0.25, 0.3) is 0 Å². The van der Waals surface area contributed by atoms with Crippen LogP contribution >= 0.6 is 0 Å². The minimum Gasteiger partial charge on any atom is -0.451 e. The first kappa shape index (κ1) is 22.4. The van der Waals surface area contributed by atoms with Gasteiger partial charge >= 0.3 is 5.97 Å². The number of hydrogen-bond donors (Lipinski definition) is 3. The third-order valence-electron chi connectivity index (χ3n) is 8.54. The zero-order valence-corrected chi connectivity index (χ0v) is 19.2. The van der Waals surface area contributed by atoms with Gasteiger partial charge in [0.15, 0.2) is 17.5 Å². The number of esters is 1. The number of carbonyl (C=O) groups is 2. The smallest absolute Gasteiger partial charge is 0.331 e. The van der Waals surface area contributed by atoms with Crippen LogP contribution in [0.1, 0.15) is 48.0 Å². The average molecular weight is 431 g/mol. The Morgan fingerprint density at radius 2 is 1.97 bits per heavy atom. The van der Waals surface area contributed by atoms with Crippen LogP contribution in [-0.4, -0.2) is 51.5 Å². The molecule has 3 N–H and O–H groups in total. The van der Waals surface area contributed by atoms with Crippen molar-refractivity contribution in [3.63, 3.8) is 0 Å². The second-order valence-electron chi connectivity index (χ2n) is 10.9. The number of aliphatic hydroxyl groups is 3. The van der Waals surface area contributed by atoms with Crippen molar-refractivity contribution < 1.29 is 29.6 Å². The van der Waals surface area contributed by atoms with Gasteiger partial charge in [-0.25, -0.2) is 4.79 Å². The Morgan fingerprint density at radius 1 is 1.32 bits per heavy atom. The normalized spacial score (nSPS) is 44.7. The molecule has 0 aromatic heterocycles. The van der Waals surface area contributed by atoms with E-state index in [9.17, 15) is 24.9 Å². The number of hydrogen-bond acceptors (Lipinski definition) is 6. The Bertz CT molecular complexity index is 922. The van der Waals surface area contributed by atoms with E-state index in [1.54, 1.807) is 32.9 Å². The lowest BCUT2D eigenvalue weighted by molar-refractivity contribution is -0.201. The van der Waals surface area contributed by atoms with Crippen molar-refractivity contribution in [3.05, 3.63) is 34.9 Å². The fraction of sp³-hybridized carbons (Fsp3) is 0.680. The summed E-state index contributed by atoms with van der Waals surface area (Å²) in [6, 6.07) is 0. The second kappa shape index (κ2) is 6.87. The van der Waals surface area contributed by atoms with E-state index in [4.69, 9.17) is 4.74 Å². The highest BCUT2D eigenvalue weighted by Gasteiger charge is 2.76. The number of carbonyl (C=O) groups excluding carboxylic acids is 2. The van der Waals surface area contributed by atoms with Gasteiger partial charge in [-0.1, -0.05) is 38.5 Å². The molecular formula is C25H34O6. The van der Waals surface area contributed by atoms with Crippen LogP contribution in [0, 0.1) is 34.5 Å². The molecule has 4 rings (SSSR count). The number of fused-ring (bicyclic) bond motifs is 3. The number of ketones is 1. The zero-order chi connectivity index (χ0) is 23.1. The predicted molar refractivity (Wildman–Crippen MR) is 115 cm³/mol. The van der Waals surface area contributed by atoms with E-state index in [-0.39, 0.29) is 28.6 Å². The molecule has 2 bridgehead atoms. The molecule has 2 fully saturated rings. The van der Waals surface area contributed by atoms with Crippen molar-refractivity contribution in [3.8, 4) is 0 Å². The van der Waals surface area contributed by atoms with Crippen molar-refractivity contribution in [1.82, 2.24) is 0 Å². The molecule has 4 aliphatic rings. The summed E-state index contributed by atoms with van der Waals surface area (Å²) in [5.74, 6) is -1.16. The van der Waals surface area contributed by atoms with Gasteiger partial charge in [0.05, 0.1) is 12.0 Å². The van der Waals surface area contributed by atoms with Gasteiger partial charge in [0.1, 0.15) is 6.10 Å². The Labute approximate surface area is 183 Å². The molecule has 0 aromatic rings. The predicted octanol–water partition coefficient (Wildman–Crippen LogP) is 2.33. The molecule has 0 radical (unpaired) electrons. The highest BCUT2D eigenvalue weighted by Crippen LogP contribution is 2.71. The topological polar surface area (TPSA) is 104 Å². The summed E-state index contributed by atoms with van der Waals surface area (Å²) in [6.07, 6.45) is 2.75. The molecule has 8 atom stereocenters. The summed E-state index contributed by atoms with van der Waals surface area (Å²) in [4.78, 5) is 26.7. The highest BCUT2D eigenvalue weighted by molar-refractivity contribution is 5.95. The molecule has 170 valence electrons. The summed E-state index contributed by atoms with van der Waals surface area (Å²) in [5, 5.41) is 33.6. The molecule has 2 unspecified atom stereocenters. The van der Waals surface area contributed by atoms with Gasteiger partial charge in [-0.05, 0) is 61.5 Å².